The van der Waals surface area contributed by atoms with Gasteiger partial charge in [0.1, 0.15) is 5.76 Å². The molecular formula is C14H21N3O3. The van der Waals surface area contributed by atoms with Crippen molar-refractivity contribution in [2.75, 3.05) is 39.8 Å². The van der Waals surface area contributed by atoms with Crippen LogP contribution in [-0.2, 0) is 16.1 Å². The Balaban J connectivity index is 1.76. The van der Waals surface area contributed by atoms with Crippen molar-refractivity contribution in [3.8, 4) is 0 Å². The van der Waals surface area contributed by atoms with Gasteiger partial charge in [0.25, 0.3) is 0 Å². The largest absolute Gasteiger partial charge is 0.467 e. The number of amides is 2. The minimum absolute atomic E-state index is 0.0673. The van der Waals surface area contributed by atoms with Crippen LogP contribution in [0.4, 0.5) is 0 Å². The maximum absolute atomic E-state index is 12.1. The maximum atomic E-state index is 12.1. The average molecular weight is 279 g/mol. The summed E-state index contributed by atoms with van der Waals surface area (Å²) >= 11 is 0. The first kappa shape index (κ1) is 14.6. The summed E-state index contributed by atoms with van der Waals surface area (Å²) in [5.74, 6) is 0.950. The van der Waals surface area contributed by atoms with E-state index in [4.69, 9.17) is 4.42 Å². The van der Waals surface area contributed by atoms with E-state index in [1.165, 1.54) is 0 Å². The molecule has 0 spiro atoms. The van der Waals surface area contributed by atoms with Gasteiger partial charge in [-0.25, -0.2) is 0 Å². The lowest BCUT2D eigenvalue weighted by atomic mass is 10.3. The predicted molar refractivity (Wildman–Crippen MR) is 73.9 cm³/mol. The number of furan rings is 1. The quantitative estimate of drug-likeness (QED) is 0.800. The first-order chi connectivity index (χ1) is 9.56. The highest BCUT2D eigenvalue weighted by molar-refractivity contribution is 5.78. The van der Waals surface area contributed by atoms with E-state index in [0.717, 1.165) is 18.8 Å². The Labute approximate surface area is 118 Å². The van der Waals surface area contributed by atoms with Crippen molar-refractivity contribution >= 4 is 11.8 Å². The topological polar surface area (TPSA) is 57.0 Å². The van der Waals surface area contributed by atoms with Crippen LogP contribution in [0.5, 0.6) is 0 Å². The molecule has 0 aliphatic carbocycles. The van der Waals surface area contributed by atoms with Crippen molar-refractivity contribution in [3.63, 3.8) is 0 Å². The molecule has 1 aliphatic rings. The zero-order valence-electron chi connectivity index (χ0n) is 12.0. The van der Waals surface area contributed by atoms with Crippen LogP contribution in [0, 0.1) is 0 Å². The van der Waals surface area contributed by atoms with Gasteiger partial charge in [0.05, 0.1) is 19.4 Å². The molecule has 0 bridgehead atoms. The highest BCUT2D eigenvalue weighted by atomic mass is 16.3. The highest BCUT2D eigenvalue weighted by Gasteiger charge is 2.21. The van der Waals surface area contributed by atoms with Gasteiger partial charge in [-0.1, -0.05) is 0 Å². The number of carbonyl (C=O) groups is 2. The molecule has 1 aromatic heterocycles. The second kappa shape index (κ2) is 6.56. The van der Waals surface area contributed by atoms with Crippen LogP contribution in [0.25, 0.3) is 0 Å². The zero-order chi connectivity index (χ0) is 14.5. The molecule has 0 N–H and O–H groups in total. The van der Waals surface area contributed by atoms with Crippen molar-refractivity contribution in [3.05, 3.63) is 24.2 Å². The molecule has 0 radical (unpaired) electrons. The third-order valence-corrected chi connectivity index (χ3v) is 3.58. The summed E-state index contributed by atoms with van der Waals surface area (Å²) in [5, 5.41) is 0. The maximum Gasteiger partial charge on any atom is 0.236 e. The van der Waals surface area contributed by atoms with Crippen molar-refractivity contribution in [1.82, 2.24) is 14.7 Å². The molecule has 6 heteroatoms. The molecule has 110 valence electrons. The summed E-state index contributed by atoms with van der Waals surface area (Å²) in [6, 6.07) is 3.67. The number of piperazine rings is 1. The fourth-order valence-corrected chi connectivity index (χ4v) is 2.26. The second-order valence-corrected chi connectivity index (χ2v) is 5.11. The molecule has 20 heavy (non-hydrogen) atoms. The van der Waals surface area contributed by atoms with Gasteiger partial charge in [-0.15, -0.1) is 0 Å². The van der Waals surface area contributed by atoms with E-state index in [1.54, 1.807) is 25.1 Å². The van der Waals surface area contributed by atoms with E-state index in [0.29, 0.717) is 26.2 Å². The fraction of sp³-hybridized carbons (Fsp3) is 0.571. The van der Waals surface area contributed by atoms with Gasteiger partial charge in [-0.3, -0.25) is 14.5 Å². The van der Waals surface area contributed by atoms with Gasteiger partial charge in [0.15, 0.2) is 0 Å². The minimum atomic E-state index is 0.0673. The van der Waals surface area contributed by atoms with Gasteiger partial charge in [0.2, 0.25) is 11.8 Å². The van der Waals surface area contributed by atoms with Crippen molar-refractivity contribution in [2.45, 2.75) is 13.5 Å². The summed E-state index contributed by atoms with van der Waals surface area (Å²) in [5.41, 5.74) is 0. The minimum Gasteiger partial charge on any atom is -0.467 e. The fourth-order valence-electron chi connectivity index (χ4n) is 2.26. The van der Waals surface area contributed by atoms with Crippen LogP contribution in [0.3, 0.4) is 0 Å². The predicted octanol–water partition coefficient (Wildman–Crippen LogP) is 0.402. The van der Waals surface area contributed by atoms with E-state index >= 15 is 0 Å². The Kier molecular flexibility index (Phi) is 4.79. The number of hydrogen-bond donors (Lipinski definition) is 0. The zero-order valence-corrected chi connectivity index (χ0v) is 12.0. The third kappa shape index (κ3) is 3.84. The second-order valence-electron chi connectivity index (χ2n) is 5.11. The third-order valence-electron chi connectivity index (χ3n) is 3.58. The van der Waals surface area contributed by atoms with Gasteiger partial charge < -0.3 is 14.2 Å². The SMILES string of the molecule is CC(=O)N1CCN(CC(=O)N(C)Cc2ccco2)CC1. The van der Waals surface area contributed by atoms with Crippen LogP contribution >= 0.6 is 0 Å². The van der Waals surface area contributed by atoms with Crippen LogP contribution in [-0.4, -0.2) is 66.3 Å². The van der Waals surface area contributed by atoms with E-state index in [1.807, 2.05) is 17.0 Å². The molecular weight excluding hydrogens is 258 g/mol. The van der Waals surface area contributed by atoms with Crippen molar-refractivity contribution < 1.29 is 14.0 Å². The summed E-state index contributed by atoms with van der Waals surface area (Å²) in [7, 11) is 1.77. The monoisotopic (exact) mass is 279 g/mol. The number of nitrogens with zero attached hydrogens (tertiary/aromatic N) is 3. The normalized spacial score (nSPS) is 16.2. The lowest BCUT2D eigenvalue weighted by molar-refractivity contribution is -0.133. The molecule has 0 unspecified atom stereocenters. The standard InChI is InChI=1S/C14H21N3O3/c1-12(18)17-7-5-16(6-8-17)11-14(19)15(2)10-13-4-3-9-20-13/h3-4,9H,5-8,10-11H2,1-2H3. The first-order valence-electron chi connectivity index (χ1n) is 6.80. The van der Waals surface area contributed by atoms with Gasteiger partial charge >= 0.3 is 0 Å². The van der Waals surface area contributed by atoms with E-state index in [-0.39, 0.29) is 11.8 Å². The molecule has 1 aromatic rings. The van der Waals surface area contributed by atoms with Crippen LogP contribution in [0.1, 0.15) is 12.7 Å². The molecule has 0 atom stereocenters. The lowest BCUT2D eigenvalue weighted by Crippen LogP contribution is -2.50. The Morgan fingerprint density at radius 2 is 2.00 bits per heavy atom. The Bertz CT molecular complexity index is 450. The molecule has 2 rings (SSSR count). The molecule has 0 saturated carbocycles. The van der Waals surface area contributed by atoms with Crippen LogP contribution < -0.4 is 0 Å². The molecule has 1 saturated heterocycles. The summed E-state index contributed by atoms with van der Waals surface area (Å²) < 4.78 is 5.23. The van der Waals surface area contributed by atoms with Crippen LogP contribution in [0.2, 0.25) is 0 Å². The number of carbonyl (C=O) groups excluding carboxylic acids is 2. The molecule has 2 heterocycles. The van der Waals surface area contributed by atoms with Crippen LogP contribution in [0.15, 0.2) is 22.8 Å². The first-order valence-corrected chi connectivity index (χ1v) is 6.80. The average Bonchev–Trinajstić information content (AvgIpc) is 2.92. The summed E-state index contributed by atoms with van der Waals surface area (Å²) in [4.78, 5) is 28.9. The summed E-state index contributed by atoms with van der Waals surface area (Å²) in [6.07, 6.45) is 1.61. The van der Waals surface area contributed by atoms with Gasteiger partial charge in [-0.2, -0.15) is 0 Å². The smallest absolute Gasteiger partial charge is 0.236 e. The number of hydrogen-bond acceptors (Lipinski definition) is 4. The Morgan fingerprint density at radius 3 is 2.55 bits per heavy atom. The van der Waals surface area contributed by atoms with E-state index in [9.17, 15) is 9.59 Å². The molecule has 6 nitrogen and oxygen atoms in total. The summed E-state index contributed by atoms with van der Waals surface area (Å²) in [6.45, 7) is 5.36. The number of likely N-dealkylation sites (N-methyl/N-ethyl adjacent to an activating group) is 1. The molecule has 1 aliphatic heterocycles. The van der Waals surface area contributed by atoms with Crippen molar-refractivity contribution in [1.29, 1.82) is 0 Å². The molecule has 2 amide bonds. The van der Waals surface area contributed by atoms with Crippen molar-refractivity contribution in [2.24, 2.45) is 0 Å². The Hall–Kier alpha value is -1.82. The van der Waals surface area contributed by atoms with Gasteiger partial charge in [0, 0.05) is 40.2 Å². The van der Waals surface area contributed by atoms with Gasteiger partial charge in [-0.05, 0) is 12.1 Å². The number of rotatable bonds is 4. The van der Waals surface area contributed by atoms with E-state index < -0.39 is 0 Å². The van der Waals surface area contributed by atoms with E-state index in [2.05, 4.69) is 4.90 Å². The molecule has 0 aromatic carbocycles. The highest BCUT2D eigenvalue weighted by Crippen LogP contribution is 2.06. The lowest BCUT2D eigenvalue weighted by Gasteiger charge is -2.34. The Morgan fingerprint density at radius 1 is 1.30 bits per heavy atom. The molecule has 1 fully saturated rings.